The Hall–Kier alpha value is -2.07. The molecule has 0 aliphatic carbocycles. The van der Waals surface area contributed by atoms with E-state index in [9.17, 15) is 4.39 Å². The minimum Gasteiger partial charge on any atom is -0.497 e. The molecular weight excluding hydrogens is 245 g/mol. The number of methoxy groups -OCH3 is 2. The standard InChI is InChI=1S/C15H16FNO2/c1-18-12-6-7-13(14(9-12)19-2)15(17)10-4-3-5-11(16)8-10/h3-9,15H,17H2,1-2H3. The monoisotopic (exact) mass is 261 g/mol. The van der Waals surface area contributed by atoms with E-state index in [1.54, 1.807) is 38.5 Å². The Morgan fingerprint density at radius 3 is 2.47 bits per heavy atom. The molecule has 0 aliphatic rings. The van der Waals surface area contributed by atoms with Crippen molar-refractivity contribution in [1.29, 1.82) is 0 Å². The molecule has 0 heterocycles. The minimum atomic E-state index is -0.448. The zero-order valence-electron chi connectivity index (χ0n) is 10.9. The quantitative estimate of drug-likeness (QED) is 0.920. The summed E-state index contributed by atoms with van der Waals surface area (Å²) in [5.41, 5.74) is 7.65. The van der Waals surface area contributed by atoms with Gasteiger partial charge in [-0.15, -0.1) is 0 Å². The van der Waals surface area contributed by atoms with Gasteiger partial charge in [-0.25, -0.2) is 4.39 Å². The van der Waals surface area contributed by atoms with Crippen molar-refractivity contribution in [2.24, 2.45) is 5.73 Å². The molecule has 0 radical (unpaired) electrons. The van der Waals surface area contributed by atoms with Gasteiger partial charge in [-0.05, 0) is 29.8 Å². The Bertz CT molecular complexity index is 572. The first-order valence-electron chi connectivity index (χ1n) is 5.88. The number of hydrogen-bond acceptors (Lipinski definition) is 3. The van der Waals surface area contributed by atoms with Crippen molar-refractivity contribution in [3.05, 3.63) is 59.4 Å². The van der Waals surface area contributed by atoms with Crippen molar-refractivity contribution >= 4 is 0 Å². The maximum absolute atomic E-state index is 13.2. The van der Waals surface area contributed by atoms with Gasteiger partial charge in [0.2, 0.25) is 0 Å². The van der Waals surface area contributed by atoms with Gasteiger partial charge in [-0.2, -0.15) is 0 Å². The maximum atomic E-state index is 13.2. The van der Waals surface area contributed by atoms with Crippen LogP contribution in [0.1, 0.15) is 17.2 Å². The first-order chi connectivity index (χ1) is 9.15. The van der Waals surface area contributed by atoms with E-state index in [-0.39, 0.29) is 5.82 Å². The van der Waals surface area contributed by atoms with Crippen LogP contribution >= 0.6 is 0 Å². The van der Waals surface area contributed by atoms with E-state index in [0.29, 0.717) is 17.1 Å². The zero-order chi connectivity index (χ0) is 13.8. The zero-order valence-corrected chi connectivity index (χ0v) is 10.9. The Kier molecular flexibility index (Phi) is 4.02. The molecule has 2 aromatic carbocycles. The predicted octanol–water partition coefficient (Wildman–Crippen LogP) is 2.89. The summed E-state index contributed by atoms with van der Waals surface area (Å²) in [6, 6.07) is 11.2. The van der Waals surface area contributed by atoms with E-state index >= 15 is 0 Å². The molecule has 0 spiro atoms. The molecule has 19 heavy (non-hydrogen) atoms. The highest BCUT2D eigenvalue weighted by Gasteiger charge is 2.15. The topological polar surface area (TPSA) is 44.5 Å². The van der Waals surface area contributed by atoms with Gasteiger partial charge in [0.25, 0.3) is 0 Å². The molecule has 0 aromatic heterocycles. The second-order valence-electron chi connectivity index (χ2n) is 4.14. The molecule has 1 atom stereocenters. The Balaban J connectivity index is 2.40. The first-order valence-corrected chi connectivity index (χ1v) is 5.88. The predicted molar refractivity (Wildman–Crippen MR) is 72.0 cm³/mol. The molecule has 1 unspecified atom stereocenters. The van der Waals surface area contributed by atoms with E-state index in [0.717, 1.165) is 5.56 Å². The van der Waals surface area contributed by atoms with Crippen LogP contribution in [0.4, 0.5) is 4.39 Å². The number of hydrogen-bond donors (Lipinski definition) is 1. The molecule has 0 bridgehead atoms. The first kappa shape index (κ1) is 13.4. The summed E-state index contributed by atoms with van der Waals surface area (Å²) in [6.07, 6.45) is 0. The Morgan fingerprint density at radius 1 is 1.05 bits per heavy atom. The number of rotatable bonds is 4. The number of halogens is 1. The number of ether oxygens (including phenoxy) is 2. The molecule has 0 saturated heterocycles. The Labute approximate surface area is 111 Å². The van der Waals surface area contributed by atoms with Gasteiger partial charge in [0.05, 0.1) is 20.3 Å². The van der Waals surface area contributed by atoms with Gasteiger partial charge in [0, 0.05) is 11.6 Å². The SMILES string of the molecule is COc1ccc(C(N)c2cccc(F)c2)c(OC)c1. The molecule has 100 valence electrons. The molecular formula is C15H16FNO2. The number of benzene rings is 2. The van der Waals surface area contributed by atoms with Gasteiger partial charge in [-0.1, -0.05) is 12.1 Å². The summed E-state index contributed by atoms with van der Waals surface area (Å²) in [7, 11) is 3.15. The fourth-order valence-electron chi connectivity index (χ4n) is 1.95. The second-order valence-corrected chi connectivity index (χ2v) is 4.14. The summed E-state index contributed by atoms with van der Waals surface area (Å²) in [4.78, 5) is 0. The van der Waals surface area contributed by atoms with Crippen LogP contribution in [-0.2, 0) is 0 Å². The lowest BCUT2D eigenvalue weighted by Gasteiger charge is -2.17. The van der Waals surface area contributed by atoms with Gasteiger partial charge in [-0.3, -0.25) is 0 Å². The highest BCUT2D eigenvalue weighted by atomic mass is 19.1. The maximum Gasteiger partial charge on any atom is 0.127 e. The second kappa shape index (κ2) is 5.71. The molecule has 3 nitrogen and oxygen atoms in total. The van der Waals surface area contributed by atoms with E-state index in [2.05, 4.69) is 0 Å². The molecule has 2 N–H and O–H groups in total. The molecule has 4 heteroatoms. The van der Waals surface area contributed by atoms with Crippen LogP contribution in [0.2, 0.25) is 0 Å². The summed E-state index contributed by atoms with van der Waals surface area (Å²) in [5.74, 6) is 1.00. The van der Waals surface area contributed by atoms with Crippen LogP contribution in [0.3, 0.4) is 0 Å². The number of nitrogens with two attached hydrogens (primary N) is 1. The van der Waals surface area contributed by atoms with Crippen LogP contribution in [0, 0.1) is 5.82 Å². The van der Waals surface area contributed by atoms with Crippen LogP contribution in [0.25, 0.3) is 0 Å². The lowest BCUT2D eigenvalue weighted by Crippen LogP contribution is -2.13. The highest BCUT2D eigenvalue weighted by Crippen LogP contribution is 2.31. The van der Waals surface area contributed by atoms with E-state index in [4.69, 9.17) is 15.2 Å². The average Bonchev–Trinajstić information content (AvgIpc) is 2.45. The average molecular weight is 261 g/mol. The van der Waals surface area contributed by atoms with Gasteiger partial charge in [0.1, 0.15) is 17.3 Å². The molecule has 0 fully saturated rings. The van der Waals surface area contributed by atoms with Crippen molar-refractivity contribution in [1.82, 2.24) is 0 Å². The molecule has 0 aliphatic heterocycles. The van der Waals surface area contributed by atoms with Crippen molar-refractivity contribution < 1.29 is 13.9 Å². The van der Waals surface area contributed by atoms with Gasteiger partial charge in [0.15, 0.2) is 0 Å². The highest BCUT2D eigenvalue weighted by molar-refractivity contribution is 5.45. The third-order valence-corrected chi connectivity index (χ3v) is 2.98. The van der Waals surface area contributed by atoms with Crippen LogP contribution in [0.5, 0.6) is 11.5 Å². The minimum absolute atomic E-state index is 0.305. The largest absolute Gasteiger partial charge is 0.497 e. The fraction of sp³-hybridized carbons (Fsp3) is 0.200. The summed E-state index contributed by atoms with van der Waals surface area (Å²) >= 11 is 0. The van der Waals surface area contributed by atoms with Gasteiger partial charge < -0.3 is 15.2 Å². The molecule has 2 rings (SSSR count). The normalized spacial score (nSPS) is 12.0. The lowest BCUT2D eigenvalue weighted by molar-refractivity contribution is 0.390. The fourth-order valence-corrected chi connectivity index (χ4v) is 1.95. The summed E-state index contributed by atoms with van der Waals surface area (Å²) < 4.78 is 23.7. The van der Waals surface area contributed by atoms with Gasteiger partial charge >= 0.3 is 0 Å². The van der Waals surface area contributed by atoms with Crippen LogP contribution in [0.15, 0.2) is 42.5 Å². The van der Waals surface area contributed by atoms with Crippen molar-refractivity contribution in [3.8, 4) is 11.5 Å². The van der Waals surface area contributed by atoms with Crippen molar-refractivity contribution in [3.63, 3.8) is 0 Å². The summed E-state index contributed by atoms with van der Waals surface area (Å²) in [6.45, 7) is 0. The smallest absolute Gasteiger partial charge is 0.127 e. The third-order valence-electron chi connectivity index (χ3n) is 2.98. The third kappa shape index (κ3) is 2.85. The summed E-state index contributed by atoms with van der Waals surface area (Å²) in [5, 5.41) is 0. The van der Waals surface area contributed by atoms with E-state index in [1.807, 2.05) is 6.07 Å². The Morgan fingerprint density at radius 2 is 1.84 bits per heavy atom. The lowest BCUT2D eigenvalue weighted by atomic mass is 9.98. The molecule has 2 aromatic rings. The van der Waals surface area contributed by atoms with Crippen molar-refractivity contribution in [2.45, 2.75) is 6.04 Å². The van der Waals surface area contributed by atoms with Crippen molar-refractivity contribution in [2.75, 3.05) is 14.2 Å². The molecule has 0 amide bonds. The molecule has 0 saturated carbocycles. The van der Waals surface area contributed by atoms with Crippen LogP contribution < -0.4 is 15.2 Å². The van der Waals surface area contributed by atoms with Crippen LogP contribution in [-0.4, -0.2) is 14.2 Å². The van der Waals surface area contributed by atoms with E-state index in [1.165, 1.54) is 12.1 Å². The van der Waals surface area contributed by atoms with E-state index < -0.39 is 6.04 Å².